The second-order valence-electron chi connectivity index (χ2n) is 6.82. The van der Waals surface area contributed by atoms with Gasteiger partial charge in [0.25, 0.3) is 0 Å². The second kappa shape index (κ2) is 4.52. The summed E-state index contributed by atoms with van der Waals surface area (Å²) in [5.74, 6) is -1.65. The molecule has 0 aromatic heterocycles. The number of fused-ring (bicyclic) bond motifs is 5. The smallest absolute Gasteiger partial charge is 0.241 e. The molecule has 0 aliphatic carbocycles. The zero-order valence-corrected chi connectivity index (χ0v) is 13.4. The van der Waals surface area contributed by atoms with Crippen molar-refractivity contribution in [2.75, 3.05) is 11.5 Å². The Hall–Kier alpha value is -1.98. The number of imide groups is 1. The summed E-state index contributed by atoms with van der Waals surface area (Å²) in [6.45, 7) is 5.52. The Labute approximate surface area is 134 Å². The first-order chi connectivity index (χ1) is 10.9. The van der Waals surface area contributed by atoms with Gasteiger partial charge in [0, 0.05) is 0 Å². The minimum absolute atomic E-state index is 0.222. The number of aliphatic hydroxyl groups excluding tert-OH is 1. The van der Waals surface area contributed by atoms with E-state index in [4.69, 9.17) is 4.74 Å². The number of carbonyl (C=O) groups is 2. The Morgan fingerprint density at radius 3 is 2.43 bits per heavy atom. The Morgan fingerprint density at radius 1 is 1.17 bits per heavy atom. The van der Waals surface area contributed by atoms with Crippen LogP contribution in [0, 0.1) is 32.6 Å². The molecule has 2 bridgehead atoms. The number of aliphatic hydroxyl groups is 1. The number of hydrogen-bond acceptors (Lipinski definition) is 4. The number of nitrogens with zero attached hydrogens (tertiary/aromatic N) is 1. The van der Waals surface area contributed by atoms with Crippen LogP contribution >= 0.6 is 0 Å². The summed E-state index contributed by atoms with van der Waals surface area (Å²) in [5.41, 5.74) is 2.54. The van der Waals surface area contributed by atoms with Gasteiger partial charge in [-0.3, -0.25) is 9.59 Å². The first-order valence-electron chi connectivity index (χ1n) is 7.83. The standard InChI is InChI=1S/C18H19NO4/c1-9-6-10(2)15(11(3)7-9)19-16(21)13-12-4-5-18(8-20,23-12)14(13)17(19)22/h4-7,12-14,20H,8H2,1-3H3/t12-,13-,14+,18+/m1/s1. The zero-order valence-electron chi connectivity index (χ0n) is 13.4. The van der Waals surface area contributed by atoms with E-state index in [1.165, 1.54) is 4.90 Å². The molecule has 0 radical (unpaired) electrons. The van der Waals surface area contributed by atoms with E-state index < -0.39 is 23.5 Å². The van der Waals surface area contributed by atoms with E-state index >= 15 is 0 Å². The van der Waals surface area contributed by atoms with Gasteiger partial charge in [-0.2, -0.15) is 0 Å². The van der Waals surface area contributed by atoms with Crippen LogP contribution in [-0.2, 0) is 14.3 Å². The van der Waals surface area contributed by atoms with Gasteiger partial charge < -0.3 is 9.84 Å². The second-order valence-corrected chi connectivity index (χ2v) is 6.82. The maximum Gasteiger partial charge on any atom is 0.241 e. The molecule has 5 nitrogen and oxygen atoms in total. The average molecular weight is 313 g/mol. The number of hydrogen-bond donors (Lipinski definition) is 1. The lowest BCUT2D eigenvalue weighted by Crippen LogP contribution is -2.43. The zero-order chi connectivity index (χ0) is 16.5. The van der Waals surface area contributed by atoms with Crippen LogP contribution < -0.4 is 4.90 Å². The van der Waals surface area contributed by atoms with Gasteiger partial charge in [-0.25, -0.2) is 4.90 Å². The fourth-order valence-electron chi connectivity index (χ4n) is 4.43. The van der Waals surface area contributed by atoms with Crippen LogP contribution in [0.2, 0.25) is 0 Å². The highest BCUT2D eigenvalue weighted by Gasteiger charge is 2.67. The van der Waals surface area contributed by atoms with Gasteiger partial charge in [0.15, 0.2) is 0 Å². The molecule has 120 valence electrons. The number of rotatable bonds is 2. The molecule has 3 aliphatic rings. The fraction of sp³-hybridized carbons (Fsp3) is 0.444. The summed E-state index contributed by atoms with van der Waals surface area (Å²) < 4.78 is 5.75. The van der Waals surface area contributed by atoms with Crippen molar-refractivity contribution in [1.29, 1.82) is 0 Å². The third kappa shape index (κ3) is 1.69. The fourth-order valence-corrected chi connectivity index (χ4v) is 4.43. The van der Waals surface area contributed by atoms with Crippen LogP contribution in [-0.4, -0.2) is 35.2 Å². The third-order valence-corrected chi connectivity index (χ3v) is 5.26. The molecule has 1 aromatic rings. The van der Waals surface area contributed by atoms with Crippen LogP contribution in [0.1, 0.15) is 16.7 Å². The molecular formula is C18H19NO4. The molecule has 3 heterocycles. The molecule has 0 saturated carbocycles. The Bertz CT molecular complexity index is 745. The SMILES string of the molecule is Cc1cc(C)c(N2C(=O)[C@H]3[C@@H](C2=O)[C@@]2(CO)C=C[C@H]3O2)c(C)c1. The van der Waals surface area contributed by atoms with Gasteiger partial charge in [-0.15, -0.1) is 0 Å². The third-order valence-electron chi connectivity index (χ3n) is 5.26. The molecule has 1 aromatic carbocycles. The quantitative estimate of drug-likeness (QED) is 0.662. The first kappa shape index (κ1) is 14.6. The molecule has 0 spiro atoms. The minimum atomic E-state index is -1.04. The maximum absolute atomic E-state index is 13.0. The van der Waals surface area contributed by atoms with Gasteiger partial charge in [0.1, 0.15) is 5.60 Å². The maximum atomic E-state index is 13.0. The van der Waals surface area contributed by atoms with Gasteiger partial charge in [-0.05, 0) is 31.9 Å². The Morgan fingerprint density at radius 2 is 1.83 bits per heavy atom. The van der Waals surface area contributed by atoms with E-state index in [0.29, 0.717) is 5.69 Å². The molecule has 3 aliphatic heterocycles. The average Bonchev–Trinajstić information content (AvgIpc) is 3.12. The highest BCUT2D eigenvalue weighted by Crippen LogP contribution is 2.52. The Balaban J connectivity index is 1.83. The van der Waals surface area contributed by atoms with E-state index in [1.54, 1.807) is 12.2 Å². The topological polar surface area (TPSA) is 66.8 Å². The molecule has 0 unspecified atom stereocenters. The van der Waals surface area contributed by atoms with Crippen LogP contribution in [0.25, 0.3) is 0 Å². The highest BCUT2D eigenvalue weighted by atomic mass is 16.5. The predicted octanol–water partition coefficient (Wildman–Crippen LogP) is 1.42. The van der Waals surface area contributed by atoms with Gasteiger partial charge >= 0.3 is 0 Å². The Kier molecular flexibility index (Phi) is 2.87. The van der Waals surface area contributed by atoms with Gasteiger partial charge in [0.2, 0.25) is 11.8 Å². The lowest BCUT2D eigenvalue weighted by Gasteiger charge is -2.27. The lowest BCUT2D eigenvalue weighted by molar-refractivity contribution is -0.128. The van der Waals surface area contributed by atoms with Crippen molar-refractivity contribution in [1.82, 2.24) is 0 Å². The molecule has 5 heteroatoms. The van der Waals surface area contributed by atoms with Crippen LogP contribution in [0.3, 0.4) is 0 Å². The summed E-state index contributed by atoms with van der Waals surface area (Å²) in [7, 11) is 0. The molecule has 2 fully saturated rings. The van der Waals surface area contributed by atoms with E-state index in [1.807, 2.05) is 32.9 Å². The van der Waals surface area contributed by atoms with Gasteiger partial charge in [-0.1, -0.05) is 29.8 Å². The summed E-state index contributed by atoms with van der Waals surface area (Å²) >= 11 is 0. The number of anilines is 1. The first-order valence-corrected chi connectivity index (χ1v) is 7.83. The lowest BCUT2D eigenvalue weighted by atomic mass is 9.77. The van der Waals surface area contributed by atoms with Crippen LogP contribution in [0.15, 0.2) is 24.3 Å². The largest absolute Gasteiger partial charge is 0.393 e. The van der Waals surface area contributed by atoms with Crippen molar-refractivity contribution in [3.05, 3.63) is 41.0 Å². The number of amides is 2. The number of carbonyl (C=O) groups excluding carboxylic acids is 2. The van der Waals surface area contributed by atoms with Crippen molar-refractivity contribution in [2.24, 2.45) is 11.8 Å². The molecular weight excluding hydrogens is 294 g/mol. The summed E-state index contributed by atoms with van der Waals surface area (Å²) in [4.78, 5) is 27.3. The van der Waals surface area contributed by atoms with Crippen molar-refractivity contribution in [3.8, 4) is 0 Å². The highest BCUT2D eigenvalue weighted by molar-refractivity contribution is 6.24. The van der Waals surface area contributed by atoms with E-state index in [-0.39, 0.29) is 18.4 Å². The summed E-state index contributed by atoms with van der Waals surface area (Å²) in [6, 6.07) is 3.95. The van der Waals surface area contributed by atoms with Crippen LogP contribution in [0.5, 0.6) is 0 Å². The van der Waals surface area contributed by atoms with Crippen molar-refractivity contribution in [3.63, 3.8) is 0 Å². The van der Waals surface area contributed by atoms with Crippen molar-refractivity contribution < 1.29 is 19.4 Å². The van der Waals surface area contributed by atoms with E-state index in [2.05, 4.69) is 0 Å². The molecule has 4 atom stereocenters. The normalized spacial score (nSPS) is 34.6. The number of ether oxygens (including phenoxy) is 1. The summed E-state index contributed by atoms with van der Waals surface area (Å²) in [6.07, 6.45) is 3.11. The minimum Gasteiger partial charge on any atom is -0.393 e. The molecule has 23 heavy (non-hydrogen) atoms. The number of benzene rings is 1. The molecule has 2 amide bonds. The molecule has 1 N–H and O–H groups in total. The van der Waals surface area contributed by atoms with Crippen molar-refractivity contribution in [2.45, 2.75) is 32.5 Å². The van der Waals surface area contributed by atoms with Gasteiger partial charge in [0.05, 0.1) is 30.2 Å². The van der Waals surface area contributed by atoms with Crippen LogP contribution in [0.4, 0.5) is 5.69 Å². The monoisotopic (exact) mass is 313 g/mol. The molecule has 2 saturated heterocycles. The van der Waals surface area contributed by atoms with E-state index in [9.17, 15) is 14.7 Å². The molecule has 4 rings (SSSR count). The van der Waals surface area contributed by atoms with Crippen molar-refractivity contribution >= 4 is 17.5 Å². The number of aryl methyl sites for hydroxylation is 3. The summed E-state index contributed by atoms with van der Waals surface area (Å²) in [5, 5.41) is 9.74. The predicted molar refractivity (Wildman–Crippen MR) is 84.0 cm³/mol. The van der Waals surface area contributed by atoms with E-state index in [0.717, 1.165) is 16.7 Å².